The largest absolute Gasteiger partial charge is 0.428 e. The molecule has 0 atom stereocenters. The molecule has 0 radical (unpaired) electrons. The van der Waals surface area contributed by atoms with Crippen molar-refractivity contribution in [3.05, 3.63) is 24.0 Å². The van der Waals surface area contributed by atoms with E-state index in [1.807, 2.05) is 20.8 Å². The van der Waals surface area contributed by atoms with Crippen LogP contribution in [0.5, 0.6) is 0 Å². The van der Waals surface area contributed by atoms with Gasteiger partial charge in [-0.05, 0) is 27.4 Å². The van der Waals surface area contributed by atoms with Crippen LogP contribution < -0.4 is 0 Å². The van der Waals surface area contributed by atoms with Crippen LogP contribution in [0.15, 0.2) is 24.0 Å². The molecule has 0 aliphatic carbocycles. The summed E-state index contributed by atoms with van der Waals surface area (Å²) in [6.45, 7) is 9.76. The van der Waals surface area contributed by atoms with E-state index >= 15 is 0 Å². The van der Waals surface area contributed by atoms with Gasteiger partial charge in [-0.2, -0.15) is 0 Å². The molecule has 0 saturated heterocycles. The minimum atomic E-state index is 0.197. The fourth-order valence-electron chi connectivity index (χ4n) is 0.831. The second-order valence-corrected chi connectivity index (χ2v) is 2.92. The Morgan fingerprint density at radius 1 is 1.42 bits per heavy atom. The van der Waals surface area contributed by atoms with Crippen molar-refractivity contribution in [2.24, 2.45) is 0 Å². The molecule has 0 aromatic heterocycles. The molecule has 12 heavy (non-hydrogen) atoms. The van der Waals surface area contributed by atoms with Crippen LogP contribution in [0, 0.1) is 0 Å². The van der Waals surface area contributed by atoms with Crippen LogP contribution in [0.4, 0.5) is 0 Å². The SMILES string of the molecule is C=C1OC(C)=C(COC(C)C)O1. The van der Waals surface area contributed by atoms with Gasteiger partial charge >= 0.3 is 0 Å². The summed E-state index contributed by atoms with van der Waals surface area (Å²) in [7, 11) is 0. The van der Waals surface area contributed by atoms with E-state index in [0.29, 0.717) is 18.3 Å². The van der Waals surface area contributed by atoms with Crippen molar-refractivity contribution in [1.82, 2.24) is 0 Å². The first-order valence-electron chi connectivity index (χ1n) is 3.95. The van der Waals surface area contributed by atoms with E-state index in [4.69, 9.17) is 14.2 Å². The van der Waals surface area contributed by atoms with Gasteiger partial charge in [-0.25, -0.2) is 0 Å². The lowest BCUT2D eigenvalue weighted by molar-refractivity contribution is 0.0686. The molecular weight excluding hydrogens is 156 g/mol. The molecule has 3 nitrogen and oxygen atoms in total. The van der Waals surface area contributed by atoms with Crippen LogP contribution in [-0.2, 0) is 14.2 Å². The summed E-state index contributed by atoms with van der Waals surface area (Å²) < 4.78 is 15.6. The molecule has 0 fully saturated rings. The molecule has 1 heterocycles. The van der Waals surface area contributed by atoms with Crippen molar-refractivity contribution in [2.45, 2.75) is 26.9 Å². The number of rotatable bonds is 3. The van der Waals surface area contributed by atoms with Gasteiger partial charge in [-0.15, -0.1) is 0 Å². The van der Waals surface area contributed by atoms with E-state index in [1.165, 1.54) is 0 Å². The van der Waals surface area contributed by atoms with E-state index in [2.05, 4.69) is 6.58 Å². The Morgan fingerprint density at radius 3 is 2.50 bits per heavy atom. The molecule has 3 heteroatoms. The van der Waals surface area contributed by atoms with Gasteiger partial charge in [-0.3, -0.25) is 0 Å². The van der Waals surface area contributed by atoms with Gasteiger partial charge < -0.3 is 14.2 Å². The van der Waals surface area contributed by atoms with Crippen molar-refractivity contribution in [3.8, 4) is 0 Å². The Kier molecular flexibility index (Phi) is 2.76. The van der Waals surface area contributed by atoms with Gasteiger partial charge in [0.1, 0.15) is 12.4 Å². The molecule has 1 aliphatic heterocycles. The number of hydrogen-bond acceptors (Lipinski definition) is 3. The lowest BCUT2D eigenvalue weighted by atomic mass is 10.4. The summed E-state index contributed by atoms with van der Waals surface area (Å²) >= 11 is 0. The lowest BCUT2D eigenvalue weighted by Crippen LogP contribution is -2.06. The molecular formula is C9H14O3. The highest BCUT2D eigenvalue weighted by Gasteiger charge is 2.17. The first-order valence-corrected chi connectivity index (χ1v) is 3.95. The van der Waals surface area contributed by atoms with Crippen LogP contribution >= 0.6 is 0 Å². The lowest BCUT2D eigenvalue weighted by Gasteiger charge is -2.06. The summed E-state index contributed by atoms with van der Waals surface area (Å²) in [4.78, 5) is 0. The summed E-state index contributed by atoms with van der Waals surface area (Å²) in [5, 5.41) is 0. The Hall–Kier alpha value is -0.960. The second-order valence-electron chi connectivity index (χ2n) is 2.92. The zero-order valence-corrected chi connectivity index (χ0v) is 7.72. The van der Waals surface area contributed by atoms with E-state index in [9.17, 15) is 0 Å². The summed E-state index contributed by atoms with van der Waals surface area (Å²) in [5.74, 6) is 1.78. The number of ether oxygens (including phenoxy) is 3. The number of allylic oxidation sites excluding steroid dienone is 1. The smallest absolute Gasteiger partial charge is 0.282 e. The fourth-order valence-corrected chi connectivity index (χ4v) is 0.831. The third kappa shape index (κ3) is 2.27. The first kappa shape index (κ1) is 9.13. The zero-order chi connectivity index (χ0) is 9.14. The Morgan fingerprint density at radius 2 is 2.08 bits per heavy atom. The zero-order valence-electron chi connectivity index (χ0n) is 7.72. The standard InChI is InChI=1S/C9H14O3/c1-6(2)10-5-9-7(3)11-8(4)12-9/h6H,4-5H2,1-3H3. The Bertz CT molecular complexity index is 216. The average molecular weight is 170 g/mol. The maximum absolute atomic E-state index is 5.34. The minimum Gasteiger partial charge on any atom is -0.428 e. The number of hydrogen-bond donors (Lipinski definition) is 0. The molecule has 0 spiro atoms. The molecule has 68 valence electrons. The highest BCUT2D eigenvalue weighted by molar-refractivity contribution is 5.08. The molecule has 0 amide bonds. The van der Waals surface area contributed by atoms with Gasteiger partial charge in [0, 0.05) is 0 Å². The molecule has 0 N–H and O–H groups in total. The van der Waals surface area contributed by atoms with E-state index in [0.717, 1.165) is 5.76 Å². The molecule has 0 aromatic carbocycles. The molecule has 0 unspecified atom stereocenters. The molecule has 0 bridgehead atoms. The predicted octanol–water partition coefficient (Wildman–Crippen LogP) is 2.16. The van der Waals surface area contributed by atoms with Gasteiger partial charge in [0.25, 0.3) is 5.95 Å². The summed E-state index contributed by atoms with van der Waals surface area (Å²) in [6, 6.07) is 0. The van der Waals surface area contributed by atoms with E-state index in [1.54, 1.807) is 0 Å². The monoisotopic (exact) mass is 170 g/mol. The van der Waals surface area contributed by atoms with Crippen molar-refractivity contribution in [3.63, 3.8) is 0 Å². The third-order valence-corrected chi connectivity index (χ3v) is 1.44. The van der Waals surface area contributed by atoms with Crippen LogP contribution in [0.3, 0.4) is 0 Å². The van der Waals surface area contributed by atoms with Gasteiger partial charge in [0.2, 0.25) is 0 Å². The van der Waals surface area contributed by atoms with Crippen molar-refractivity contribution in [2.75, 3.05) is 6.61 Å². The average Bonchev–Trinajstić information content (AvgIpc) is 2.26. The highest BCUT2D eigenvalue weighted by atomic mass is 16.7. The van der Waals surface area contributed by atoms with Gasteiger partial charge in [0.15, 0.2) is 5.76 Å². The van der Waals surface area contributed by atoms with E-state index < -0.39 is 0 Å². The van der Waals surface area contributed by atoms with Crippen molar-refractivity contribution < 1.29 is 14.2 Å². The minimum absolute atomic E-state index is 0.197. The normalized spacial score (nSPS) is 16.8. The Balaban J connectivity index is 2.42. The maximum Gasteiger partial charge on any atom is 0.282 e. The van der Waals surface area contributed by atoms with Gasteiger partial charge in [0.05, 0.1) is 6.10 Å². The van der Waals surface area contributed by atoms with Crippen LogP contribution in [0.2, 0.25) is 0 Å². The van der Waals surface area contributed by atoms with E-state index in [-0.39, 0.29) is 6.10 Å². The van der Waals surface area contributed by atoms with Gasteiger partial charge in [-0.1, -0.05) is 0 Å². The van der Waals surface area contributed by atoms with Crippen LogP contribution in [-0.4, -0.2) is 12.7 Å². The molecule has 0 saturated carbocycles. The predicted molar refractivity (Wildman–Crippen MR) is 45.1 cm³/mol. The summed E-state index contributed by atoms with van der Waals surface area (Å²) in [5.41, 5.74) is 0. The Labute approximate surface area is 72.6 Å². The van der Waals surface area contributed by atoms with Crippen LogP contribution in [0.25, 0.3) is 0 Å². The molecule has 1 rings (SSSR count). The topological polar surface area (TPSA) is 27.7 Å². The van der Waals surface area contributed by atoms with Crippen molar-refractivity contribution in [1.29, 1.82) is 0 Å². The third-order valence-electron chi connectivity index (χ3n) is 1.44. The first-order chi connectivity index (χ1) is 5.59. The highest BCUT2D eigenvalue weighted by Crippen LogP contribution is 2.23. The molecule has 1 aliphatic rings. The fraction of sp³-hybridized carbons (Fsp3) is 0.556. The quantitative estimate of drug-likeness (QED) is 0.649. The van der Waals surface area contributed by atoms with Crippen LogP contribution in [0.1, 0.15) is 20.8 Å². The molecule has 0 aromatic rings. The maximum atomic E-state index is 5.34. The second kappa shape index (κ2) is 3.63. The summed E-state index contributed by atoms with van der Waals surface area (Å²) in [6.07, 6.45) is 0.197. The van der Waals surface area contributed by atoms with Crippen molar-refractivity contribution >= 4 is 0 Å².